The van der Waals surface area contributed by atoms with Crippen LogP contribution in [0, 0.1) is 11.8 Å². The molecule has 0 amide bonds. The van der Waals surface area contributed by atoms with Crippen LogP contribution in [0.2, 0.25) is 0 Å². The first-order valence-corrected chi connectivity index (χ1v) is 14.1. The molecule has 1 nitrogen and oxygen atoms in total. The number of carbonyl (C=O) groups is 1. The van der Waals surface area contributed by atoms with Gasteiger partial charge in [-0.05, 0) is 54.7 Å². The van der Waals surface area contributed by atoms with Crippen molar-refractivity contribution in [2.45, 2.75) is 36.8 Å². The highest BCUT2D eigenvalue weighted by molar-refractivity contribution is 8.00. The van der Waals surface area contributed by atoms with E-state index in [0.29, 0.717) is 5.92 Å². The van der Waals surface area contributed by atoms with Gasteiger partial charge in [0.15, 0.2) is 20.3 Å². The van der Waals surface area contributed by atoms with Gasteiger partial charge in [0.25, 0.3) is 0 Å². The zero-order valence-corrected chi connectivity index (χ0v) is 21.1. The Balaban J connectivity index is 1.52. The van der Waals surface area contributed by atoms with Crippen molar-refractivity contribution in [3.8, 4) is 4.90 Å². The van der Waals surface area contributed by atoms with E-state index >= 15 is 0 Å². The molecule has 3 aromatic rings. The number of carbonyl (C=O) groups excluding carboxylic acids is 1. The summed E-state index contributed by atoms with van der Waals surface area (Å²) < 4.78 is 1.37. The van der Waals surface area contributed by atoms with Crippen molar-refractivity contribution in [2.75, 3.05) is 0 Å². The van der Waals surface area contributed by atoms with Crippen molar-refractivity contribution in [2.24, 2.45) is 11.8 Å². The number of allylic oxidation sites excluding steroid dienone is 6. The lowest BCUT2D eigenvalue weighted by molar-refractivity contribution is 0.0941. The van der Waals surface area contributed by atoms with Crippen molar-refractivity contribution in [3.63, 3.8) is 0 Å². The molecule has 3 heteroatoms. The summed E-state index contributed by atoms with van der Waals surface area (Å²) in [6.07, 6.45) is 17.2. The Kier molecular flexibility index (Phi) is 5.57. The van der Waals surface area contributed by atoms with Crippen LogP contribution in [0.15, 0.2) is 95.1 Å². The molecule has 2 aromatic carbocycles. The second-order valence-electron chi connectivity index (χ2n) is 9.40. The third-order valence-electron chi connectivity index (χ3n) is 6.94. The Morgan fingerprint density at radius 1 is 1.15 bits per heavy atom. The van der Waals surface area contributed by atoms with Crippen LogP contribution in [0.1, 0.15) is 41.1 Å². The molecule has 0 N–H and O–H groups in total. The standard InChI is InChI=1S/C31H27OS2/c1-20(2)21-14-16-27-25(18-21)31(32)26-19-22(15-17-28(26)33-27)34-29-12-7-5-3-4-6-10-23(29)24-11-8-9-13-30(24)34/h3-5,8-9,11-20,25,27H,6,10H2,1-2H3/q+1/b4-3-. The number of aryl methyl sites for hydroxylation is 1. The lowest BCUT2D eigenvalue weighted by atomic mass is 9.85. The molecule has 6 rings (SSSR count). The van der Waals surface area contributed by atoms with E-state index in [9.17, 15) is 4.79 Å². The van der Waals surface area contributed by atoms with Crippen molar-refractivity contribution < 1.29 is 4.79 Å². The van der Waals surface area contributed by atoms with Crippen LogP contribution in [0.25, 0.3) is 21.1 Å². The van der Waals surface area contributed by atoms with Gasteiger partial charge in [0.05, 0.1) is 5.92 Å². The molecule has 3 unspecified atom stereocenters. The zero-order chi connectivity index (χ0) is 23.2. The number of hydrogen-bond acceptors (Lipinski definition) is 2. The molecular formula is C31H27OS2+. The average Bonchev–Trinajstić information content (AvgIpc) is 3.21. The van der Waals surface area contributed by atoms with Gasteiger partial charge in [0, 0.05) is 49.3 Å². The van der Waals surface area contributed by atoms with Crippen molar-refractivity contribution >= 4 is 44.2 Å². The van der Waals surface area contributed by atoms with Crippen LogP contribution in [0.3, 0.4) is 0 Å². The summed E-state index contributed by atoms with van der Waals surface area (Å²) in [6.45, 7) is 4.39. The molecule has 1 aromatic heterocycles. The molecule has 0 spiro atoms. The minimum Gasteiger partial charge on any atom is -0.293 e. The first-order valence-electron chi connectivity index (χ1n) is 12.0. The van der Waals surface area contributed by atoms with Gasteiger partial charge >= 0.3 is 0 Å². The van der Waals surface area contributed by atoms with Crippen LogP contribution < -0.4 is 0 Å². The van der Waals surface area contributed by atoms with Crippen molar-refractivity contribution in [3.05, 3.63) is 106 Å². The van der Waals surface area contributed by atoms with E-state index in [-0.39, 0.29) is 27.4 Å². The van der Waals surface area contributed by atoms with Gasteiger partial charge in [-0.25, -0.2) is 0 Å². The summed E-state index contributed by atoms with van der Waals surface area (Å²) in [6, 6.07) is 15.4. The molecule has 2 heterocycles. The molecule has 0 saturated carbocycles. The topological polar surface area (TPSA) is 17.1 Å². The summed E-state index contributed by atoms with van der Waals surface area (Å²) in [5.41, 5.74) is 6.97. The highest BCUT2D eigenvalue weighted by Crippen LogP contribution is 2.50. The third-order valence-corrected chi connectivity index (χ3v) is 10.6. The van der Waals surface area contributed by atoms with Crippen LogP contribution >= 0.6 is 22.2 Å². The molecule has 34 heavy (non-hydrogen) atoms. The van der Waals surface area contributed by atoms with Gasteiger partial charge in [-0.15, -0.1) is 17.5 Å². The SMILES string of the molecule is CC(C)C1=CC2C(=O)c3cc(-[s+]4c5c(c6ccccc64)CC/C=C\C=C=C5)ccc3SC2C=C1. The minimum absolute atomic E-state index is 0.0667. The second kappa shape index (κ2) is 8.74. The monoisotopic (exact) mass is 479 g/mol. The van der Waals surface area contributed by atoms with E-state index in [1.54, 1.807) is 0 Å². The first-order chi connectivity index (χ1) is 16.6. The van der Waals surface area contributed by atoms with Crippen LogP contribution in [-0.2, 0) is 6.42 Å². The maximum atomic E-state index is 13.7. The quantitative estimate of drug-likeness (QED) is 0.270. The molecule has 2 aliphatic carbocycles. The molecule has 0 bridgehead atoms. The van der Waals surface area contributed by atoms with Gasteiger partial charge in [0.1, 0.15) is 0 Å². The van der Waals surface area contributed by atoms with E-state index in [2.05, 4.69) is 98.5 Å². The predicted molar refractivity (Wildman–Crippen MR) is 147 cm³/mol. The maximum Gasteiger partial charge on any atom is 0.191 e. The number of hydrogen-bond donors (Lipinski definition) is 0. The summed E-state index contributed by atoms with van der Waals surface area (Å²) in [5.74, 6) is 0.632. The molecule has 3 atom stereocenters. The van der Waals surface area contributed by atoms with Crippen LogP contribution in [0.4, 0.5) is 0 Å². The Labute approximate surface area is 208 Å². The molecule has 1 aliphatic heterocycles. The number of ketones is 1. The maximum absolute atomic E-state index is 13.7. The molecule has 0 fully saturated rings. The van der Waals surface area contributed by atoms with Crippen molar-refractivity contribution in [1.82, 2.24) is 0 Å². The Bertz CT molecular complexity index is 1470. The number of rotatable bonds is 2. The molecular weight excluding hydrogens is 452 g/mol. The fraction of sp³-hybridized carbons (Fsp3) is 0.226. The molecule has 0 saturated heterocycles. The lowest BCUT2D eigenvalue weighted by Gasteiger charge is -2.31. The number of Topliss-reactive ketones (excluding diaryl/α,β-unsaturated/α-hetero) is 1. The summed E-state index contributed by atoms with van der Waals surface area (Å²) in [4.78, 5) is 17.4. The Hall–Kier alpha value is -2.84. The van der Waals surface area contributed by atoms with E-state index < -0.39 is 0 Å². The molecule has 0 radical (unpaired) electrons. The first kappa shape index (κ1) is 21.7. The number of benzene rings is 2. The van der Waals surface area contributed by atoms with Crippen LogP contribution in [-0.4, -0.2) is 11.0 Å². The lowest BCUT2D eigenvalue weighted by Crippen LogP contribution is -2.30. The summed E-state index contributed by atoms with van der Waals surface area (Å²) >= 11 is 1.83. The van der Waals surface area contributed by atoms with E-state index in [0.717, 1.165) is 23.3 Å². The number of thiophene rings is 1. The minimum atomic E-state index is -0.223. The fourth-order valence-electron chi connectivity index (χ4n) is 5.16. The van der Waals surface area contributed by atoms with Crippen LogP contribution in [0.5, 0.6) is 0 Å². The predicted octanol–water partition coefficient (Wildman–Crippen LogP) is 8.67. The van der Waals surface area contributed by atoms with E-state index in [1.165, 1.54) is 31.0 Å². The van der Waals surface area contributed by atoms with Crippen molar-refractivity contribution in [1.29, 1.82) is 0 Å². The average molecular weight is 480 g/mol. The van der Waals surface area contributed by atoms with Gasteiger partial charge in [0.2, 0.25) is 0 Å². The molecule has 168 valence electrons. The van der Waals surface area contributed by atoms with Gasteiger partial charge in [-0.2, -0.15) is 0 Å². The largest absolute Gasteiger partial charge is 0.293 e. The zero-order valence-electron chi connectivity index (χ0n) is 19.5. The number of fused-ring (bicyclic) bond motifs is 5. The fourth-order valence-corrected chi connectivity index (χ4v) is 8.85. The van der Waals surface area contributed by atoms with E-state index in [4.69, 9.17) is 0 Å². The molecule has 3 aliphatic rings. The second-order valence-corrected chi connectivity index (χ2v) is 12.6. The smallest absolute Gasteiger partial charge is 0.191 e. The highest BCUT2D eigenvalue weighted by atomic mass is 32.2. The third kappa shape index (κ3) is 3.60. The normalized spacial score (nSPS) is 22.5. The highest BCUT2D eigenvalue weighted by Gasteiger charge is 2.37. The summed E-state index contributed by atoms with van der Waals surface area (Å²) in [5, 5.41) is 1.56. The number of thioether (sulfide) groups is 1. The Morgan fingerprint density at radius 3 is 2.91 bits per heavy atom. The van der Waals surface area contributed by atoms with Gasteiger partial charge in [-0.3, -0.25) is 4.79 Å². The van der Waals surface area contributed by atoms with Gasteiger partial charge < -0.3 is 0 Å². The van der Waals surface area contributed by atoms with E-state index in [1.807, 2.05) is 17.8 Å². The van der Waals surface area contributed by atoms with Gasteiger partial charge in [-0.1, -0.05) is 56.4 Å². The Morgan fingerprint density at radius 2 is 2.03 bits per heavy atom. The summed E-state index contributed by atoms with van der Waals surface area (Å²) in [7, 11) is -0.223.